The maximum atomic E-state index is 13.7. The van der Waals surface area contributed by atoms with Crippen molar-refractivity contribution in [1.82, 2.24) is 15.1 Å². The van der Waals surface area contributed by atoms with Crippen molar-refractivity contribution in [2.45, 2.75) is 25.3 Å². The summed E-state index contributed by atoms with van der Waals surface area (Å²) in [4.78, 5) is 28.6. The smallest absolute Gasteiger partial charge is 0.240 e. The van der Waals surface area contributed by atoms with Crippen LogP contribution in [0.1, 0.15) is 18.4 Å². The van der Waals surface area contributed by atoms with E-state index in [-0.39, 0.29) is 23.7 Å². The number of hydrogen-bond acceptors (Lipinski definition) is 4. The van der Waals surface area contributed by atoms with Crippen LogP contribution in [-0.4, -0.2) is 65.5 Å². The molecular weight excluding hydrogens is 341 g/mol. The number of halogens is 1. The summed E-state index contributed by atoms with van der Waals surface area (Å²) in [5, 5.41) is 3.21. The van der Waals surface area contributed by atoms with Crippen LogP contribution in [0.4, 0.5) is 4.39 Å². The number of benzene rings is 1. The molecule has 2 saturated heterocycles. The molecule has 2 heterocycles. The van der Waals surface area contributed by atoms with Crippen molar-refractivity contribution >= 4 is 23.6 Å². The van der Waals surface area contributed by atoms with Crippen LogP contribution in [0.3, 0.4) is 0 Å². The highest BCUT2D eigenvalue weighted by molar-refractivity contribution is 7.99. The van der Waals surface area contributed by atoms with E-state index in [4.69, 9.17) is 0 Å². The van der Waals surface area contributed by atoms with Crippen LogP contribution in [-0.2, 0) is 16.0 Å². The number of rotatable bonds is 4. The highest BCUT2D eigenvalue weighted by Crippen LogP contribution is 2.15. The summed E-state index contributed by atoms with van der Waals surface area (Å²) in [6.45, 7) is 2.49. The molecule has 0 aromatic heterocycles. The first kappa shape index (κ1) is 18.2. The zero-order valence-corrected chi connectivity index (χ0v) is 15.1. The van der Waals surface area contributed by atoms with Gasteiger partial charge in [-0.25, -0.2) is 4.39 Å². The molecule has 0 aliphatic carbocycles. The van der Waals surface area contributed by atoms with E-state index < -0.39 is 0 Å². The fourth-order valence-electron chi connectivity index (χ4n) is 3.26. The van der Waals surface area contributed by atoms with E-state index in [9.17, 15) is 14.0 Å². The van der Waals surface area contributed by atoms with Gasteiger partial charge in [-0.1, -0.05) is 18.2 Å². The number of carbonyl (C=O) groups excluding carboxylic acids is 2. The van der Waals surface area contributed by atoms with Crippen LogP contribution < -0.4 is 5.32 Å². The minimum atomic E-state index is -0.259. The third-order valence-electron chi connectivity index (χ3n) is 4.74. The maximum Gasteiger partial charge on any atom is 0.240 e. The summed E-state index contributed by atoms with van der Waals surface area (Å²) < 4.78 is 13.7. The van der Waals surface area contributed by atoms with Gasteiger partial charge in [-0.05, 0) is 24.5 Å². The van der Waals surface area contributed by atoms with Crippen molar-refractivity contribution in [3.05, 3.63) is 35.6 Å². The third kappa shape index (κ3) is 4.73. The van der Waals surface area contributed by atoms with Crippen LogP contribution in [0.5, 0.6) is 0 Å². The lowest BCUT2D eigenvalue weighted by molar-refractivity contribution is -0.134. The molecular formula is C18H24FN3O2S. The Morgan fingerprint density at radius 1 is 1.16 bits per heavy atom. The highest BCUT2D eigenvalue weighted by Gasteiger charge is 2.29. The molecule has 1 aromatic rings. The monoisotopic (exact) mass is 365 g/mol. The van der Waals surface area contributed by atoms with Gasteiger partial charge in [0.25, 0.3) is 0 Å². The summed E-state index contributed by atoms with van der Waals surface area (Å²) >= 11 is 1.74. The fourth-order valence-corrected chi connectivity index (χ4v) is 4.20. The van der Waals surface area contributed by atoms with Crippen LogP contribution in [0.2, 0.25) is 0 Å². The average Bonchev–Trinajstić information content (AvgIpc) is 3.04. The molecule has 5 nitrogen and oxygen atoms in total. The van der Waals surface area contributed by atoms with Gasteiger partial charge >= 0.3 is 0 Å². The molecule has 1 atom stereocenters. The van der Waals surface area contributed by atoms with Gasteiger partial charge in [-0.2, -0.15) is 0 Å². The molecule has 25 heavy (non-hydrogen) atoms. The molecule has 2 aliphatic heterocycles. The van der Waals surface area contributed by atoms with E-state index in [2.05, 4.69) is 5.32 Å². The van der Waals surface area contributed by atoms with Gasteiger partial charge < -0.3 is 9.80 Å². The number of amides is 2. The molecule has 2 aliphatic rings. The van der Waals surface area contributed by atoms with Crippen molar-refractivity contribution in [2.75, 3.05) is 37.8 Å². The lowest BCUT2D eigenvalue weighted by Crippen LogP contribution is -2.46. The SMILES string of the molecule is O=C(CCc1ccccc1F)N1CCCN(C(=O)C2CSCN2)CC1. The van der Waals surface area contributed by atoms with Gasteiger partial charge in [0.2, 0.25) is 11.8 Å². The van der Waals surface area contributed by atoms with E-state index in [0.29, 0.717) is 44.6 Å². The normalized spacial score (nSPS) is 21.2. The summed E-state index contributed by atoms with van der Waals surface area (Å²) in [7, 11) is 0. The minimum absolute atomic E-state index is 0.0344. The summed E-state index contributed by atoms with van der Waals surface area (Å²) in [6.07, 6.45) is 1.50. The number of nitrogens with zero attached hydrogens (tertiary/aromatic N) is 2. The Hall–Kier alpha value is -1.60. The van der Waals surface area contributed by atoms with Gasteiger partial charge in [0.1, 0.15) is 5.82 Å². The number of hydrogen-bond donors (Lipinski definition) is 1. The minimum Gasteiger partial charge on any atom is -0.341 e. The molecule has 0 spiro atoms. The molecule has 136 valence electrons. The predicted molar refractivity (Wildman–Crippen MR) is 96.7 cm³/mol. The van der Waals surface area contributed by atoms with Crippen LogP contribution in [0, 0.1) is 5.82 Å². The van der Waals surface area contributed by atoms with Crippen molar-refractivity contribution in [2.24, 2.45) is 0 Å². The van der Waals surface area contributed by atoms with Gasteiger partial charge in [-0.15, -0.1) is 11.8 Å². The fraction of sp³-hybridized carbons (Fsp3) is 0.556. The Kier molecular flexibility index (Phi) is 6.31. The zero-order chi connectivity index (χ0) is 17.6. The van der Waals surface area contributed by atoms with Crippen LogP contribution >= 0.6 is 11.8 Å². The van der Waals surface area contributed by atoms with Gasteiger partial charge in [0.15, 0.2) is 0 Å². The van der Waals surface area contributed by atoms with Crippen molar-refractivity contribution in [1.29, 1.82) is 0 Å². The predicted octanol–water partition coefficient (Wildman–Crippen LogP) is 1.48. The molecule has 1 unspecified atom stereocenters. The summed E-state index contributed by atoms with van der Waals surface area (Å²) in [5.41, 5.74) is 0.576. The molecule has 1 aromatic carbocycles. The van der Waals surface area contributed by atoms with E-state index in [1.807, 2.05) is 9.80 Å². The highest BCUT2D eigenvalue weighted by atomic mass is 32.2. The largest absolute Gasteiger partial charge is 0.341 e. The van der Waals surface area contributed by atoms with E-state index in [1.54, 1.807) is 30.0 Å². The second-order valence-corrected chi connectivity index (χ2v) is 7.45. The number of thioether (sulfide) groups is 1. The molecule has 1 N–H and O–H groups in total. The maximum absolute atomic E-state index is 13.7. The van der Waals surface area contributed by atoms with E-state index in [0.717, 1.165) is 18.1 Å². The van der Waals surface area contributed by atoms with Gasteiger partial charge in [-0.3, -0.25) is 14.9 Å². The second kappa shape index (κ2) is 8.67. The Bertz CT molecular complexity index is 622. The molecule has 2 fully saturated rings. The summed E-state index contributed by atoms with van der Waals surface area (Å²) in [6, 6.07) is 6.49. The lowest BCUT2D eigenvalue weighted by Gasteiger charge is -2.24. The Labute approximate surface area is 151 Å². The van der Waals surface area contributed by atoms with Crippen LogP contribution in [0.25, 0.3) is 0 Å². The van der Waals surface area contributed by atoms with Gasteiger partial charge in [0.05, 0.1) is 6.04 Å². The quantitative estimate of drug-likeness (QED) is 0.878. The first-order chi connectivity index (χ1) is 12.1. The number of carbonyl (C=O) groups is 2. The lowest BCUT2D eigenvalue weighted by atomic mass is 10.1. The average molecular weight is 365 g/mol. The van der Waals surface area contributed by atoms with Crippen molar-refractivity contribution in [3.8, 4) is 0 Å². The first-order valence-electron chi connectivity index (χ1n) is 8.76. The number of nitrogens with one attached hydrogen (secondary N) is 1. The number of aryl methyl sites for hydroxylation is 1. The molecule has 3 rings (SSSR count). The Morgan fingerprint density at radius 2 is 1.92 bits per heavy atom. The molecule has 2 amide bonds. The molecule has 7 heteroatoms. The van der Waals surface area contributed by atoms with E-state index in [1.165, 1.54) is 6.07 Å². The van der Waals surface area contributed by atoms with Crippen molar-refractivity contribution in [3.63, 3.8) is 0 Å². The van der Waals surface area contributed by atoms with Crippen LogP contribution in [0.15, 0.2) is 24.3 Å². The Morgan fingerprint density at radius 3 is 2.68 bits per heavy atom. The standard InChI is InChI=1S/C18H24FN3O2S/c19-15-5-2-1-4-14(15)6-7-17(23)21-8-3-9-22(11-10-21)18(24)16-12-25-13-20-16/h1-2,4-5,16,20H,3,6-13H2. The molecule has 0 radical (unpaired) electrons. The zero-order valence-electron chi connectivity index (χ0n) is 14.2. The molecule has 0 bridgehead atoms. The van der Waals surface area contributed by atoms with Crippen molar-refractivity contribution < 1.29 is 14.0 Å². The van der Waals surface area contributed by atoms with Gasteiger partial charge in [0, 0.05) is 44.2 Å². The topological polar surface area (TPSA) is 52.7 Å². The second-order valence-electron chi connectivity index (χ2n) is 6.42. The first-order valence-corrected chi connectivity index (χ1v) is 9.92. The Balaban J connectivity index is 1.49. The molecule has 0 saturated carbocycles. The summed E-state index contributed by atoms with van der Waals surface area (Å²) in [5.74, 6) is 1.56. The van der Waals surface area contributed by atoms with E-state index >= 15 is 0 Å². The third-order valence-corrected chi connectivity index (χ3v) is 5.68.